The maximum atomic E-state index is 13.0. The van der Waals surface area contributed by atoms with E-state index in [-0.39, 0.29) is 18.0 Å². The van der Waals surface area contributed by atoms with Crippen LogP contribution < -0.4 is 4.90 Å². The van der Waals surface area contributed by atoms with Crippen LogP contribution in [0.2, 0.25) is 0 Å². The van der Waals surface area contributed by atoms with Gasteiger partial charge < -0.3 is 14.9 Å². The van der Waals surface area contributed by atoms with Crippen molar-refractivity contribution in [1.29, 1.82) is 0 Å². The lowest BCUT2D eigenvalue weighted by molar-refractivity contribution is -0.130. The fourth-order valence-electron chi connectivity index (χ4n) is 4.01. The lowest BCUT2D eigenvalue weighted by Gasteiger charge is -2.44. The topological polar surface area (TPSA) is 69.6 Å². The van der Waals surface area contributed by atoms with Crippen molar-refractivity contribution in [2.45, 2.75) is 39.0 Å². The number of carbonyl (C=O) groups excluding carboxylic acids is 1. The van der Waals surface area contributed by atoms with Crippen molar-refractivity contribution in [2.75, 3.05) is 18.0 Å². The number of piperazine rings is 1. The summed E-state index contributed by atoms with van der Waals surface area (Å²) in [7, 11) is 0. The molecule has 0 radical (unpaired) electrons. The van der Waals surface area contributed by atoms with Gasteiger partial charge in [0, 0.05) is 47.0 Å². The Bertz CT molecular complexity index is 1030. The number of nitrogens with zero attached hydrogens (tertiary/aromatic N) is 4. The van der Waals surface area contributed by atoms with Crippen LogP contribution in [-0.4, -0.2) is 51.1 Å². The maximum Gasteiger partial charge on any atom is 0.247 e. The molecule has 1 aliphatic heterocycles. The number of fused-ring (bicyclic) bond motifs is 1. The number of carbonyl (C=O) groups is 1. The summed E-state index contributed by atoms with van der Waals surface area (Å²) in [5.74, 6) is 1.23. The van der Waals surface area contributed by atoms with Gasteiger partial charge in [-0.3, -0.25) is 4.79 Å². The van der Waals surface area contributed by atoms with Gasteiger partial charge in [0.1, 0.15) is 11.9 Å². The smallest absolute Gasteiger partial charge is 0.247 e. The van der Waals surface area contributed by atoms with Crippen LogP contribution in [0.4, 0.5) is 5.82 Å². The van der Waals surface area contributed by atoms with Gasteiger partial charge in [-0.15, -0.1) is 11.3 Å². The summed E-state index contributed by atoms with van der Waals surface area (Å²) in [6.07, 6.45) is 4.56. The van der Waals surface area contributed by atoms with Crippen LogP contribution in [0, 0.1) is 0 Å². The number of benzene rings is 1. The summed E-state index contributed by atoms with van der Waals surface area (Å²) in [4.78, 5) is 26.7. The number of hydrogen-bond acceptors (Lipinski definition) is 6. The molecule has 0 unspecified atom stereocenters. The predicted molar refractivity (Wildman–Crippen MR) is 122 cm³/mol. The van der Waals surface area contributed by atoms with E-state index in [4.69, 9.17) is 0 Å². The molecule has 7 heteroatoms. The zero-order chi connectivity index (χ0) is 21.3. The van der Waals surface area contributed by atoms with Crippen LogP contribution in [0.25, 0.3) is 16.2 Å². The van der Waals surface area contributed by atoms with Gasteiger partial charge in [0.2, 0.25) is 5.91 Å². The van der Waals surface area contributed by atoms with E-state index in [0.717, 1.165) is 10.7 Å². The Morgan fingerprint density at radius 3 is 2.67 bits per heavy atom. The molecule has 4 rings (SSSR count). The molecule has 0 bridgehead atoms. The molecule has 30 heavy (non-hydrogen) atoms. The average molecular weight is 423 g/mol. The summed E-state index contributed by atoms with van der Waals surface area (Å²) in [5.41, 5.74) is 0. The van der Waals surface area contributed by atoms with E-state index in [1.165, 1.54) is 10.1 Å². The normalized spacial score (nSPS) is 20.8. The summed E-state index contributed by atoms with van der Waals surface area (Å²) >= 11 is 1.69. The molecule has 1 aliphatic rings. The molecule has 1 N–H and O–H groups in total. The SMILES string of the molecule is C[C@@H]1CN(c2ccnc([C@@H](C)O)n2)C[C@H](C)N1C(=O)/C=C/c1cc2ccccc2s1. The molecule has 0 saturated carbocycles. The number of amides is 1. The molecule has 0 spiro atoms. The van der Waals surface area contributed by atoms with E-state index < -0.39 is 6.10 Å². The van der Waals surface area contributed by atoms with Crippen LogP contribution in [0.5, 0.6) is 0 Å². The van der Waals surface area contributed by atoms with Crippen molar-refractivity contribution in [2.24, 2.45) is 0 Å². The van der Waals surface area contributed by atoms with E-state index in [1.54, 1.807) is 30.5 Å². The molecule has 1 fully saturated rings. The number of hydrogen-bond donors (Lipinski definition) is 1. The molecular formula is C23H26N4O2S. The van der Waals surface area contributed by atoms with Crippen molar-refractivity contribution >= 4 is 39.2 Å². The highest BCUT2D eigenvalue weighted by molar-refractivity contribution is 7.19. The first-order valence-electron chi connectivity index (χ1n) is 10.2. The molecule has 3 atom stereocenters. The van der Waals surface area contributed by atoms with Gasteiger partial charge in [-0.1, -0.05) is 18.2 Å². The second kappa shape index (κ2) is 8.53. The Balaban J connectivity index is 1.46. The van der Waals surface area contributed by atoms with E-state index in [0.29, 0.717) is 18.9 Å². The standard InChI is InChI=1S/C23H26N4O2S/c1-15-13-26(21-10-11-24-23(25-21)17(3)28)14-16(2)27(15)22(29)9-8-19-12-18-6-4-5-7-20(18)30-19/h4-12,15-17,28H,13-14H2,1-3H3/b9-8+/t15-,16+,17-/m1/s1. The maximum absolute atomic E-state index is 13.0. The number of rotatable bonds is 4. The van der Waals surface area contributed by atoms with Crippen molar-refractivity contribution in [1.82, 2.24) is 14.9 Å². The number of aromatic nitrogens is 2. The summed E-state index contributed by atoms with van der Waals surface area (Å²) < 4.78 is 1.22. The van der Waals surface area contributed by atoms with Gasteiger partial charge in [0.15, 0.2) is 5.82 Å². The monoisotopic (exact) mass is 422 g/mol. The third-order valence-electron chi connectivity index (χ3n) is 5.37. The number of thiophene rings is 1. The summed E-state index contributed by atoms with van der Waals surface area (Å²) in [6.45, 7) is 7.14. The van der Waals surface area contributed by atoms with E-state index in [9.17, 15) is 9.90 Å². The molecule has 3 aromatic rings. The fourth-order valence-corrected chi connectivity index (χ4v) is 4.98. The van der Waals surface area contributed by atoms with Gasteiger partial charge in [-0.05, 0) is 50.4 Å². The predicted octanol–water partition coefficient (Wildman–Crippen LogP) is 3.88. The van der Waals surface area contributed by atoms with Gasteiger partial charge in [0.05, 0.1) is 0 Å². The number of aliphatic hydroxyl groups is 1. The Kier molecular flexibility index (Phi) is 5.83. The highest BCUT2D eigenvalue weighted by Gasteiger charge is 2.32. The van der Waals surface area contributed by atoms with E-state index in [1.807, 2.05) is 29.2 Å². The summed E-state index contributed by atoms with van der Waals surface area (Å²) in [6, 6.07) is 12.3. The van der Waals surface area contributed by atoms with Crippen molar-refractivity contribution < 1.29 is 9.90 Å². The molecule has 1 amide bonds. The second-order valence-corrected chi connectivity index (χ2v) is 8.93. The van der Waals surface area contributed by atoms with Gasteiger partial charge in [-0.2, -0.15) is 0 Å². The number of anilines is 1. The van der Waals surface area contributed by atoms with Crippen LogP contribution >= 0.6 is 11.3 Å². The largest absolute Gasteiger partial charge is 0.385 e. The quantitative estimate of drug-likeness (QED) is 0.646. The lowest BCUT2D eigenvalue weighted by atomic mass is 10.1. The zero-order valence-electron chi connectivity index (χ0n) is 17.4. The zero-order valence-corrected chi connectivity index (χ0v) is 18.2. The molecule has 1 aromatic carbocycles. The number of aliphatic hydroxyl groups excluding tert-OH is 1. The first kappa shape index (κ1) is 20.5. The third kappa shape index (κ3) is 4.22. The minimum Gasteiger partial charge on any atom is -0.385 e. The second-order valence-electron chi connectivity index (χ2n) is 7.82. The highest BCUT2D eigenvalue weighted by Crippen LogP contribution is 2.27. The van der Waals surface area contributed by atoms with Gasteiger partial charge in [-0.25, -0.2) is 9.97 Å². The van der Waals surface area contributed by atoms with Gasteiger partial charge in [0.25, 0.3) is 0 Å². The summed E-state index contributed by atoms with van der Waals surface area (Å²) in [5, 5.41) is 11.0. The highest BCUT2D eigenvalue weighted by atomic mass is 32.1. The van der Waals surface area contributed by atoms with Crippen molar-refractivity contribution in [3.8, 4) is 0 Å². The van der Waals surface area contributed by atoms with Crippen LogP contribution in [-0.2, 0) is 4.79 Å². The molecule has 0 aliphatic carbocycles. The first-order chi connectivity index (χ1) is 14.4. The van der Waals surface area contributed by atoms with Crippen molar-refractivity contribution in [3.05, 3.63) is 59.4 Å². The third-order valence-corrected chi connectivity index (χ3v) is 6.45. The average Bonchev–Trinajstić information content (AvgIpc) is 3.15. The van der Waals surface area contributed by atoms with Crippen LogP contribution in [0.1, 0.15) is 37.6 Å². The first-order valence-corrected chi connectivity index (χ1v) is 11.0. The minimum atomic E-state index is -0.707. The van der Waals surface area contributed by atoms with Crippen LogP contribution in [0.15, 0.2) is 48.7 Å². The molecule has 3 heterocycles. The van der Waals surface area contributed by atoms with Gasteiger partial charge >= 0.3 is 0 Å². The molecule has 156 valence electrons. The molecule has 6 nitrogen and oxygen atoms in total. The van der Waals surface area contributed by atoms with Crippen molar-refractivity contribution in [3.63, 3.8) is 0 Å². The van der Waals surface area contributed by atoms with E-state index in [2.05, 4.69) is 46.9 Å². The van der Waals surface area contributed by atoms with E-state index >= 15 is 0 Å². The molecule has 2 aromatic heterocycles. The molecule has 1 saturated heterocycles. The van der Waals surface area contributed by atoms with Crippen LogP contribution in [0.3, 0.4) is 0 Å². The minimum absolute atomic E-state index is 0.0273. The molecular weight excluding hydrogens is 396 g/mol. The Morgan fingerprint density at radius 1 is 1.23 bits per heavy atom. The Labute approximate surface area is 180 Å². The Hall–Kier alpha value is -2.77. The Morgan fingerprint density at radius 2 is 1.97 bits per heavy atom. The lowest BCUT2D eigenvalue weighted by Crippen LogP contribution is -2.58. The fraction of sp³-hybridized carbons (Fsp3) is 0.348.